The molecule has 1 amide bonds. The van der Waals surface area contributed by atoms with Crippen LogP contribution < -0.4 is 5.32 Å². The van der Waals surface area contributed by atoms with E-state index in [9.17, 15) is 9.59 Å². The number of pyridine rings is 1. The van der Waals surface area contributed by atoms with Gasteiger partial charge in [-0.3, -0.25) is 4.79 Å². The summed E-state index contributed by atoms with van der Waals surface area (Å²) >= 11 is 4.29. The van der Waals surface area contributed by atoms with Crippen LogP contribution in [-0.4, -0.2) is 27.0 Å². The quantitative estimate of drug-likeness (QED) is 0.877. The van der Waals surface area contributed by atoms with Crippen molar-refractivity contribution >= 4 is 39.1 Å². The Bertz CT molecular complexity index is 654. The van der Waals surface area contributed by atoms with Crippen molar-refractivity contribution in [2.24, 2.45) is 0 Å². The van der Waals surface area contributed by atoms with E-state index >= 15 is 0 Å². The molecule has 0 unspecified atom stereocenters. The summed E-state index contributed by atoms with van der Waals surface area (Å²) in [5, 5.41) is 12.1. The number of hydrogen-bond donors (Lipinski definition) is 2. The van der Waals surface area contributed by atoms with Gasteiger partial charge in [0.1, 0.15) is 15.6 Å². The number of amides is 1. The minimum atomic E-state index is -1.01. The molecule has 0 bridgehead atoms. The maximum absolute atomic E-state index is 11.8. The third-order valence-electron chi connectivity index (χ3n) is 2.40. The SMILES string of the molecule is Cc1nc(CNC(=O)c2ccc(Br)cn2)sc1C(=O)O. The third kappa shape index (κ3) is 3.40. The fraction of sp³-hybridized carbons (Fsp3) is 0.167. The second-order valence-corrected chi connectivity index (χ2v) is 5.87. The normalized spacial score (nSPS) is 10.3. The smallest absolute Gasteiger partial charge is 0.347 e. The summed E-state index contributed by atoms with van der Waals surface area (Å²) in [4.78, 5) is 31.0. The van der Waals surface area contributed by atoms with Gasteiger partial charge in [-0.25, -0.2) is 14.8 Å². The van der Waals surface area contributed by atoms with Crippen LogP contribution in [0.2, 0.25) is 0 Å². The first-order chi connectivity index (χ1) is 9.47. The minimum Gasteiger partial charge on any atom is -0.477 e. The van der Waals surface area contributed by atoms with Crippen molar-refractivity contribution in [2.45, 2.75) is 13.5 Å². The number of carboxylic acids is 1. The summed E-state index contributed by atoms with van der Waals surface area (Å²) in [6.07, 6.45) is 1.53. The molecule has 0 atom stereocenters. The molecule has 0 fully saturated rings. The van der Waals surface area contributed by atoms with Gasteiger partial charge < -0.3 is 10.4 Å². The Morgan fingerprint density at radius 2 is 2.20 bits per heavy atom. The summed E-state index contributed by atoms with van der Waals surface area (Å²) in [6, 6.07) is 3.31. The molecule has 6 nitrogen and oxygen atoms in total. The predicted octanol–water partition coefficient (Wildman–Crippen LogP) is 2.24. The van der Waals surface area contributed by atoms with Crippen molar-refractivity contribution in [1.82, 2.24) is 15.3 Å². The van der Waals surface area contributed by atoms with E-state index in [1.165, 1.54) is 6.20 Å². The van der Waals surface area contributed by atoms with E-state index in [-0.39, 0.29) is 17.3 Å². The van der Waals surface area contributed by atoms with Crippen molar-refractivity contribution in [3.05, 3.63) is 44.1 Å². The molecule has 0 aliphatic heterocycles. The Hall–Kier alpha value is -1.80. The van der Waals surface area contributed by atoms with Gasteiger partial charge in [0.05, 0.1) is 12.2 Å². The second-order valence-electron chi connectivity index (χ2n) is 3.87. The number of halogens is 1. The van der Waals surface area contributed by atoms with Crippen molar-refractivity contribution in [1.29, 1.82) is 0 Å². The molecule has 0 spiro atoms. The van der Waals surface area contributed by atoms with Crippen LogP contribution in [0.15, 0.2) is 22.8 Å². The molecule has 2 heterocycles. The van der Waals surface area contributed by atoms with Gasteiger partial charge in [-0.05, 0) is 35.0 Å². The number of nitrogens with zero attached hydrogens (tertiary/aromatic N) is 2. The van der Waals surface area contributed by atoms with Crippen LogP contribution in [0.4, 0.5) is 0 Å². The number of aromatic nitrogens is 2. The van der Waals surface area contributed by atoms with Crippen molar-refractivity contribution in [3.63, 3.8) is 0 Å². The Balaban J connectivity index is 2.01. The van der Waals surface area contributed by atoms with Crippen molar-refractivity contribution in [2.75, 3.05) is 0 Å². The molecular weight excluding hydrogens is 346 g/mol. The van der Waals surface area contributed by atoms with Crippen LogP contribution in [0, 0.1) is 6.92 Å². The molecule has 2 N–H and O–H groups in total. The highest BCUT2D eigenvalue weighted by Crippen LogP contribution is 2.17. The maximum atomic E-state index is 11.8. The van der Waals surface area contributed by atoms with Crippen LogP contribution in [-0.2, 0) is 6.54 Å². The molecule has 2 rings (SSSR count). The Kier molecular flexibility index (Phi) is 4.46. The van der Waals surface area contributed by atoms with Gasteiger partial charge in [0.15, 0.2) is 0 Å². The molecule has 8 heteroatoms. The van der Waals surface area contributed by atoms with E-state index in [4.69, 9.17) is 5.11 Å². The van der Waals surface area contributed by atoms with E-state index in [2.05, 4.69) is 31.2 Å². The largest absolute Gasteiger partial charge is 0.477 e. The topological polar surface area (TPSA) is 92.2 Å². The monoisotopic (exact) mass is 355 g/mol. The number of hydrogen-bond acceptors (Lipinski definition) is 5. The van der Waals surface area contributed by atoms with Gasteiger partial charge in [-0.15, -0.1) is 11.3 Å². The molecular formula is C12H10BrN3O3S. The number of thiazole rings is 1. The first-order valence-electron chi connectivity index (χ1n) is 5.56. The van der Waals surface area contributed by atoms with Gasteiger partial charge in [-0.1, -0.05) is 0 Å². The van der Waals surface area contributed by atoms with Crippen LogP contribution in [0.5, 0.6) is 0 Å². The zero-order valence-electron chi connectivity index (χ0n) is 10.4. The summed E-state index contributed by atoms with van der Waals surface area (Å²) < 4.78 is 0.788. The Morgan fingerprint density at radius 1 is 1.45 bits per heavy atom. The lowest BCUT2D eigenvalue weighted by molar-refractivity contribution is 0.0701. The molecule has 2 aromatic heterocycles. The second kappa shape index (κ2) is 6.10. The molecule has 0 aliphatic carbocycles. The molecule has 0 aliphatic rings. The highest BCUT2D eigenvalue weighted by Gasteiger charge is 2.14. The van der Waals surface area contributed by atoms with Gasteiger partial charge in [0.25, 0.3) is 5.91 Å². The summed E-state index contributed by atoms with van der Waals surface area (Å²) in [6.45, 7) is 1.80. The van der Waals surface area contributed by atoms with Gasteiger partial charge in [0.2, 0.25) is 0 Å². The highest BCUT2D eigenvalue weighted by molar-refractivity contribution is 9.10. The fourth-order valence-electron chi connectivity index (χ4n) is 1.48. The summed E-state index contributed by atoms with van der Waals surface area (Å²) in [7, 11) is 0. The number of aromatic carboxylic acids is 1. The van der Waals surface area contributed by atoms with Gasteiger partial charge in [0, 0.05) is 10.7 Å². The Morgan fingerprint density at radius 3 is 2.75 bits per heavy atom. The maximum Gasteiger partial charge on any atom is 0.347 e. The first-order valence-corrected chi connectivity index (χ1v) is 7.17. The van der Waals surface area contributed by atoms with E-state index in [0.29, 0.717) is 16.4 Å². The molecule has 0 saturated heterocycles. The lowest BCUT2D eigenvalue weighted by Crippen LogP contribution is -2.23. The first kappa shape index (κ1) is 14.6. The van der Waals surface area contributed by atoms with Crippen LogP contribution in [0.3, 0.4) is 0 Å². The number of rotatable bonds is 4. The Labute approximate surface area is 127 Å². The number of carbonyl (C=O) groups is 2. The zero-order valence-corrected chi connectivity index (χ0v) is 12.8. The van der Waals surface area contributed by atoms with E-state index in [1.54, 1.807) is 19.1 Å². The van der Waals surface area contributed by atoms with E-state index in [1.807, 2.05) is 0 Å². The number of carbonyl (C=O) groups excluding carboxylic acids is 1. The van der Waals surface area contributed by atoms with E-state index in [0.717, 1.165) is 15.8 Å². The van der Waals surface area contributed by atoms with Crippen LogP contribution >= 0.6 is 27.3 Å². The van der Waals surface area contributed by atoms with Gasteiger partial charge >= 0.3 is 5.97 Å². The molecule has 0 radical (unpaired) electrons. The average Bonchev–Trinajstić information content (AvgIpc) is 2.78. The molecule has 20 heavy (non-hydrogen) atoms. The minimum absolute atomic E-state index is 0.176. The number of aryl methyl sites for hydroxylation is 1. The molecule has 2 aromatic rings. The standard InChI is InChI=1S/C12H10BrN3O3S/c1-6-10(12(18)19)20-9(16-6)5-15-11(17)8-3-2-7(13)4-14-8/h2-4H,5H2,1H3,(H,15,17)(H,18,19). The van der Waals surface area contributed by atoms with Crippen LogP contribution in [0.25, 0.3) is 0 Å². The number of carboxylic acid groups (broad SMARTS) is 1. The lowest BCUT2D eigenvalue weighted by atomic mass is 10.3. The molecule has 0 saturated carbocycles. The lowest BCUT2D eigenvalue weighted by Gasteiger charge is -2.02. The van der Waals surface area contributed by atoms with Gasteiger partial charge in [-0.2, -0.15) is 0 Å². The summed E-state index contributed by atoms with van der Waals surface area (Å²) in [5.74, 6) is -1.34. The van der Waals surface area contributed by atoms with Crippen LogP contribution in [0.1, 0.15) is 30.9 Å². The predicted molar refractivity (Wildman–Crippen MR) is 76.9 cm³/mol. The third-order valence-corrected chi connectivity index (χ3v) is 4.01. The molecule has 0 aromatic carbocycles. The van der Waals surface area contributed by atoms with Crippen molar-refractivity contribution in [3.8, 4) is 0 Å². The summed E-state index contributed by atoms with van der Waals surface area (Å²) in [5.41, 5.74) is 0.744. The highest BCUT2D eigenvalue weighted by atomic mass is 79.9. The number of nitrogens with one attached hydrogen (secondary N) is 1. The molecule has 104 valence electrons. The average molecular weight is 356 g/mol. The van der Waals surface area contributed by atoms with Crippen molar-refractivity contribution < 1.29 is 14.7 Å². The fourth-order valence-corrected chi connectivity index (χ4v) is 2.56. The zero-order chi connectivity index (χ0) is 14.7. The van der Waals surface area contributed by atoms with E-state index < -0.39 is 5.97 Å².